The first-order chi connectivity index (χ1) is 4.92. The summed E-state index contributed by atoms with van der Waals surface area (Å²) >= 11 is 0. The highest BCUT2D eigenvalue weighted by atomic mass is 31.1. The van der Waals surface area contributed by atoms with Crippen LogP contribution >= 0.6 is 8.25 Å². The van der Waals surface area contributed by atoms with Gasteiger partial charge in [-0.05, 0) is 6.08 Å². The van der Waals surface area contributed by atoms with Crippen LogP contribution in [-0.4, -0.2) is 11.1 Å². The van der Waals surface area contributed by atoms with Crippen molar-refractivity contribution in [3.8, 4) is 0 Å². The van der Waals surface area contributed by atoms with Crippen molar-refractivity contribution in [3.63, 3.8) is 0 Å². The van der Waals surface area contributed by atoms with Crippen LogP contribution in [0.3, 0.4) is 0 Å². The van der Waals surface area contributed by atoms with E-state index in [0.717, 1.165) is 0 Å². The summed E-state index contributed by atoms with van der Waals surface area (Å²) in [6.07, 6.45) is -4.31. The maximum Gasteiger partial charge on any atom is 0.746 e. The lowest BCUT2D eigenvalue weighted by atomic mass is 10.4. The molecule has 0 amide bonds. The molecule has 0 rings (SSSR count). The molecule has 1 N–H and O–H groups in total. The lowest BCUT2D eigenvalue weighted by Gasteiger charge is -1.98. The van der Waals surface area contributed by atoms with E-state index in [1.54, 1.807) is 0 Å². The lowest BCUT2D eigenvalue weighted by molar-refractivity contribution is -0.125. The molecule has 0 aliphatic rings. The van der Waals surface area contributed by atoms with Crippen LogP contribution in [0.25, 0.3) is 0 Å². The van der Waals surface area contributed by atoms with E-state index in [1.807, 2.05) is 0 Å². The molecular formula is C4H5F3O3P+. The summed E-state index contributed by atoms with van der Waals surface area (Å²) in [5, 5.41) is 0. The average molecular weight is 189 g/mol. The van der Waals surface area contributed by atoms with Gasteiger partial charge in [-0.2, -0.15) is 13.2 Å². The first-order valence-corrected chi connectivity index (χ1v) is 3.59. The van der Waals surface area contributed by atoms with Crippen LogP contribution in [0.4, 0.5) is 13.2 Å². The van der Waals surface area contributed by atoms with E-state index in [2.05, 4.69) is 4.52 Å². The Labute approximate surface area is 61.4 Å². The van der Waals surface area contributed by atoms with E-state index in [-0.39, 0.29) is 0 Å². The zero-order valence-corrected chi connectivity index (χ0v) is 6.10. The Kier molecular flexibility index (Phi) is 4.07. The largest absolute Gasteiger partial charge is 0.746 e. The molecule has 0 aromatic carbocycles. The van der Waals surface area contributed by atoms with Crippen molar-refractivity contribution in [3.05, 3.63) is 12.3 Å². The van der Waals surface area contributed by atoms with Gasteiger partial charge in [0.1, 0.15) is 0 Å². The van der Waals surface area contributed by atoms with Gasteiger partial charge in [0.15, 0.2) is 6.26 Å². The van der Waals surface area contributed by atoms with Gasteiger partial charge in [0.2, 0.25) is 0 Å². The summed E-state index contributed by atoms with van der Waals surface area (Å²) in [5.41, 5.74) is 0. The van der Waals surface area contributed by atoms with Gasteiger partial charge in [0.25, 0.3) is 0 Å². The van der Waals surface area contributed by atoms with Crippen molar-refractivity contribution < 1.29 is 27.2 Å². The zero-order chi connectivity index (χ0) is 8.91. The second-order valence-electron chi connectivity index (χ2n) is 1.53. The molecule has 0 aromatic rings. The van der Waals surface area contributed by atoms with Crippen LogP contribution in [0.5, 0.6) is 0 Å². The topological polar surface area (TPSA) is 46.5 Å². The maximum absolute atomic E-state index is 11.3. The molecule has 0 aromatic heterocycles. The number of rotatable bonds is 3. The highest BCUT2D eigenvalue weighted by Gasteiger charge is 2.25. The third-order valence-corrected chi connectivity index (χ3v) is 0.899. The fourth-order valence-electron chi connectivity index (χ4n) is 0.277. The Morgan fingerprint density at radius 1 is 1.55 bits per heavy atom. The van der Waals surface area contributed by atoms with Crippen LogP contribution in [0.1, 0.15) is 6.42 Å². The van der Waals surface area contributed by atoms with Gasteiger partial charge in [0, 0.05) is 4.57 Å². The number of hydrogen-bond donors (Lipinski definition) is 1. The average Bonchev–Trinajstić information content (AvgIpc) is 1.78. The van der Waals surface area contributed by atoms with Crippen LogP contribution in [0.2, 0.25) is 0 Å². The molecule has 11 heavy (non-hydrogen) atoms. The van der Waals surface area contributed by atoms with E-state index >= 15 is 0 Å². The third-order valence-electron chi connectivity index (χ3n) is 0.597. The van der Waals surface area contributed by atoms with Gasteiger partial charge in [-0.3, -0.25) is 0 Å². The van der Waals surface area contributed by atoms with Crippen molar-refractivity contribution in [2.45, 2.75) is 12.6 Å². The fraction of sp³-hybridized carbons (Fsp3) is 0.500. The molecule has 64 valence electrons. The predicted molar refractivity (Wildman–Crippen MR) is 30.7 cm³/mol. The number of halogens is 3. The molecule has 0 aliphatic heterocycles. The van der Waals surface area contributed by atoms with Crippen molar-refractivity contribution in [2.75, 3.05) is 0 Å². The van der Waals surface area contributed by atoms with Gasteiger partial charge in [0.05, 0.1) is 6.42 Å². The molecule has 0 fully saturated rings. The van der Waals surface area contributed by atoms with E-state index in [4.69, 9.17) is 4.89 Å². The van der Waals surface area contributed by atoms with Crippen LogP contribution < -0.4 is 0 Å². The third kappa shape index (κ3) is 9.39. The van der Waals surface area contributed by atoms with Crippen LogP contribution in [-0.2, 0) is 9.09 Å². The van der Waals surface area contributed by atoms with Crippen LogP contribution in [0, 0.1) is 0 Å². The van der Waals surface area contributed by atoms with Gasteiger partial charge in [-0.25, -0.2) is 4.52 Å². The van der Waals surface area contributed by atoms with Crippen molar-refractivity contribution >= 4 is 8.25 Å². The molecular weight excluding hydrogens is 184 g/mol. The van der Waals surface area contributed by atoms with E-state index in [9.17, 15) is 17.7 Å². The second kappa shape index (κ2) is 4.31. The SMILES string of the molecule is O=[P+](O)OC=CCC(F)(F)F. The summed E-state index contributed by atoms with van der Waals surface area (Å²) in [6.45, 7) is 0. The molecule has 0 heterocycles. The molecule has 0 bridgehead atoms. The first kappa shape index (κ1) is 10.4. The smallest absolute Gasteiger partial charge is 0.238 e. The number of alkyl halides is 3. The lowest BCUT2D eigenvalue weighted by Crippen LogP contribution is -2.03. The summed E-state index contributed by atoms with van der Waals surface area (Å²) in [5.74, 6) is 0. The van der Waals surface area contributed by atoms with E-state index < -0.39 is 20.9 Å². The molecule has 1 atom stereocenters. The minimum Gasteiger partial charge on any atom is -0.238 e. The minimum atomic E-state index is -4.30. The van der Waals surface area contributed by atoms with Crippen molar-refractivity contribution in [1.82, 2.24) is 0 Å². The van der Waals surface area contributed by atoms with Crippen LogP contribution in [0.15, 0.2) is 12.3 Å². The molecule has 0 saturated heterocycles. The molecule has 0 spiro atoms. The van der Waals surface area contributed by atoms with Gasteiger partial charge in [-0.1, -0.05) is 0 Å². The van der Waals surface area contributed by atoms with E-state index in [1.165, 1.54) is 0 Å². The summed E-state index contributed by atoms with van der Waals surface area (Å²) in [4.78, 5) is 7.94. The normalized spacial score (nSPS) is 13.6. The Bertz CT molecular complexity index is 164. The first-order valence-electron chi connectivity index (χ1n) is 2.46. The number of hydrogen-bond acceptors (Lipinski definition) is 2. The van der Waals surface area contributed by atoms with Gasteiger partial charge in [-0.15, -0.1) is 4.89 Å². The molecule has 1 unspecified atom stereocenters. The maximum atomic E-state index is 11.3. The highest BCUT2D eigenvalue weighted by molar-refractivity contribution is 7.32. The van der Waals surface area contributed by atoms with Crippen molar-refractivity contribution in [2.24, 2.45) is 0 Å². The second-order valence-corrected chi connectivity index (χ2v) is 2.22. The van der Waals surface area contributed by atoms with Crippen molar-refractivity contribution in [1.29, 1.82) is 0 Å². The molecule has 0 aliphatic carbocycles. The Balaban J connectivity index is 3.53. The highest BCUT2D eigenvalue weighted by Crippen LogP contribution is 2.21. The molecule has 3 nitrogen and oxygen atoms in total. The van der Waals surface area contributed by atoms with Gasteiger partial charge >= 0.3 is 14.4 Å². The van der Waals surface area contributed by atoms with Gasteiger partial charge < -0.3 is 0 Å². The van der Waals surface area contributed by atoms with E-state index in [0.29, 0.717) is 12.3 Å². The Morgan fingerprint density at radius 3 is 2.45 bits per heavy atom. The number of allylic oxidation sites excluding steroid dienone is 1. The monoisotopic (exact) mass is 189 g/mol. The zero-order valence-electron chi connectivity index (χ0n) is 5.21. The summed E-state index contributed by atoms with van der Waals surface area (Å²) in [6, 6.07) is 0. The summed E-state index contributed by atoms with van der Waals surface area (Å²) < 4.78 is 47.6. The molecule has 0 saturated carbocycles. The standard InChI is InChI=1S/C4H4F3O3P/c5-4(6,7)2-1-3-10-11(8)9/h1,3H,2H2/p+1. The quantitative estimate of drug-likeness (QED) is 0.546. The molecule has 0 radical (unpaired) electrons. The predicted octanol–water partition coefficient (Wildman–Crippen LogP) is 2.12. The fourth-order valence-corrected chi connectivity index (χ4v) is 0.467. The molecule has 7 heteroatoms. The minimum absolute atomic E-state index is 0.548. The Morgan fingerprint density at radius 2 is 2.09 bits per heavy atom. The summed E-state index contributed by atoms with van der Waals surface area (Å²) in [7, 11) is -2.85. The Hall–Kier alpha value is -0.610.